The standard InChI is InChI=1S/C14H25NO2S/c1-4-10(3)13(16)8-11-9-18-14(6-7-15-17)12(11)5-2/h6,10-13,16H,4-5,7-9H2,1-3H3/b14-6+. The SMILES string of the molecule is CCC(C)C(O)CC1CS/C(=C/CN=O)C1CC. The fraction of sp³-hybridized carbons (Fsp3) is 0.857. The Bertz CT molecular complexity index is 294. The third-order valence-electron chi connectivity index (χ3n) is 4.05. The van der Waals surface area contributed by atoms with Crippen LogP contribution in [0.25, 0.3) is 0 Å². The van der Waals surface area contributed by atoms with E-state index in [1.54, 1.807) is 0 Å². The maximum absolute atomic E-state index is 10.2. The van der Waals surface area contributed by atoms with Crippen molar-refractivity contribution in [3.8, 4) is 0 Å². The lowest BCUT2D eigenvalue weighted by Crippen LogP contribution is -2.24. The highest BCUT2D eigenvalue weighted by atomic mass is 32.2. The van der Waals surface area contributed by atoms with Gasteiger partial charge in [0, 0.05) is 5.75 Å². The normalized spacial score (nSPS) is 29.4. The van der Waals surface area contributed by atoms with Crippen molar-refractivity contribution in [2.75, 3.05) is 12.3 Å². The fourth-order valence-electron chi connectivity index (χ4n) is 2.58. The van der Waals surface area contributed by atoms with Crippen molar-refractivity contribution < 1.29 is 5.11 Å². The van der Waals surface area contributed by atoms with E-state index in [2.05, 4.69) is 25.9 Å². The molecule has 0 radical (unpaired) electrons. The maximum atomic E-state index is 10.2. The van der Waals surface area contributed by atoms with Gasteiger partial charge >= 0.3 is 0 Å². The predicted molar refractivity (Wildman–Crippen MR) is 78.6 cm³/mol. The summed E-state index contributed by atoms with van der Waals surface area (Å²) < 4.78 is 0. The summed E-state index contributed by atoms with van der Waals surface area (Å²) in [7, 11) is 0. The minimum Gasteiger partial charge on any atom is -0.393 e. The number of hydrogen-bond donors (Lipinski definition) is 1. The summed E-state index contributed by atoms with van der Waals surface area (Å²) in [4.78, 5) is 11.5. The number of hydrogen-bond acceptors (Lipinski definition) is 4. The van der Waals surface area contributed by atoms with Crippen molar-refractivity contribution in [2.45, 2.75) is 46.1 Å². The average Bonchev–Trinajstić information content (AvgIpc) is 2.77. The second-order valence-corrected chi connectivity index (χ2v) is 6.29. The predicted octanol–water partition coefficient (Wildman–Crippen LogP) is 3.82. The number of aliphatic hydroxyl groups is 1. The quantitative estimate of drug-likeness (QED) is 0.716. The van der Waals surface area contributed by atoms with Gasteiger partial charge < -0.3 is 5.11 Å². The largest absolute Gasteiger partial charge is 0.393 e. The van der Waals surface area contributed by atoms with Crippen molar-refractivity contribution in [1.82, 2.24) is 0 Å². The molecule has 1 saturated heterocycles. The van der Waals surface area contributed by atoms with Gasteiger partial charge in [-0.3, -0.25) is 0 Å². The van der Waals surface area contributed by atoms with E-state index in [9.17, 15) is 10.0 Å². The van der Waals surface area contributed by atoms with Crippen LogP contribution in [0.2, 0.25) is 0 Å². The summed E-state index contributed by atoms with van der Waals surface area (Å²) in [6.07, 6.45) is 4.75. The zero-order valence-corrected chi connectivity index (χ0v) is 12.4. The van der Waals surface area contributed by atoms with Gasteiger partial charge in [-0.1, -0.05) is 32.4 Å². The second kappa shape index (κ2) is 7.95. The number of nitroso groups, excluding NO2 is 1. The minimum absolute atomic E-state index is 0.196. The van der Waals surface area contributed by atoms with E-state index in [1.165, 1.54) is 4.91 Å². The highest BCUT2D eigenvalue weighted by Crippen LogP contribution is 2.44. The molecule has 1 fully saturated rings. The zero-order valence-electron chi connectivity index (χ0n) is 11.6. The molecule has 18 heavy (non-hydrogen) atoms. The van der Waals surface area contributed by atoms with Crippen LogP contribution in [0.15, 0.2) is 16.2 Å². The Balaban J connectivity index is 2.59. The van der Waals surface area contributed by atoms with Crippen molar-refractivity contribution in [3.63, 3.8) is 0 Å². The first-order valence-electron chi connectivity index (χ1n) is 6.93. The van der Waals surface area contributed by atoms with Crippen LogP contribution in [0.4, 0.5) is 0 Å². The summed E-state index contributed by atoms with van der Waals surface area (Å²) in [5.74, 6) is 2.49. The Hall–Kier alpha value is -0.350. The molecule has 0 aromatic heterocycles. The van der Waals surface area contributed by atoms with Crippen LogP contribution in [-0.4, -0.2) is 23.5 Å². The van der Waals surface area contributed by atoms with Gasteiger partial charge in [0.25, 0.3) is 0 Å². The van der Waals surface area contributed by atoms with E-state index in [-0.39, 0.29) is 12.6 Å². The maximum Gasteiger partial charge on any atom is 0.100 e. The first-order valence-corrected chi connectivity index (χ1v) is 7.92. The molecule has 4 atom stereocenters. The summed E-state index contributed by atoms with van der Waals surface area (Å²) in [6.45, 7) is 6.69. The molecule has 0 aromatic rings. The summed E-state index contributed by atoms with van der Waals surface area (Å²) in [5.41, 5.74) is 0. The molecule has 1 heterocycles. The molecule has 3 nitrogen and oxygen atoms in total. The molecule has 0 spiro atoms. The molecule has 4 heteroatoms. The first-order chi connectivity index (χ1) is 8.63. The third-order valence-corrected chi connectivity index (χ3v) is 5.45. The third kappa shape index (κ3) is 4.09. The molecule has 1 N–H and O–H groups in total. The molecule has 1 aliphatic heterocycles. The Kier molecular flexibility index (Phi) is 6.94. The van der Waals surface area contributed by atoms with Crippen molar-refractivity contribution in [1.29, 1.82) is 0 Å². The van der Waals surface area contributed by atoms with Gasteiger partial charge in [-0.15, -0.1) is 11.8 Å². The zero-order chi connectivity index (χ0) is 13.5. The van der Waals surface area contributed by atoms with E-state index in [4.69, 9.17) is 0 Å². The Morgan fingerprint density at radius 3 is 2.83 bits per heavy atom. The summed E-state index contributed by atoms with van der Waals surface area (Å²) >= 11 is 1.84. The number of nitrogens with zero attached hydrogens (tertiary/aromatic N) is 1. The highest BCUT2D eigenvalue weighted by Gasteiger charge is 2.32. The number of thioether (sulfide) groups is 1. The van der Waals surface area contributed by atoms with Gasteiger partial charge in [0.15, 0.2) is 0 Å². The van der Waals surface area contributed by atoms with Gasteiger partial charge in [-0.25, -0.2) is 0 Å². The molecule has 104 valence electrons. The van der Waals surface area contributed by atoms with E-state index < -0.39 is 0 Å². The summed E-state index contributed by atoms with van der Waals surface area (Å²) in [6, 6.07) is 0. The number of allylic oxidation sites excluding steroid dienone is 1. The van der Waals surface area contributed by atoms with Gasteiger partial charge in [0.05, 0.1) is 6.10 Å². The monoisotopic (exact) mass is 271 g/mol. The van der Waals surface area contributed by atoms with Crippen LogP contribution in [0.3, 0.4) is 0 Å². The van der Waals surface area contributed by atoms with Crippen LogP contribution < -0.4 is 0 Å². The molecule has 0 amide bonds. The Morgan fingerprint density at radius 2 is 2.28 bits per heavy atom. The Morgan fingerprint density at radius 1 is 1.56 bits per heavy atom. The van der Waals surface area contributed by atoms with Crippen LogP contribution in [-0.2, 0) is 0 Å². The molecular weight excluding hydrogens is 246 g/mol. The first kappa shape index (κ1) is 15.7. The molecular formula is C14H25NO2S. The van der Waals surface area contributed by atoms with Crippen molar-refractivity contribution in [2.24, 2.45) is 22.9 Å². The average molecular weight is 271 g/mol. The van der Waals surface area contributed by atoms with Crippen molar-refractivity contribution >= 4 is 11.8 Å². The molecule has 1 aliphatic rings. The topological polar surface area (TPSA) is 49.7 Å². The molecule has 1 rings (SSSR count). The van der Waals surface area contributed by atoms with Crippen LogP contribution in [0.5, 0.6) is 0 Å². The molecule has 0 bridgehead atoms. The molecule has 0 aliphatic carbocycles. The van der Waals surface area contributed by atoms with E-state index in [0.717, 1.165) is 25.0 Å². The minimum atomic E-state index is -0.196. The summed E-state index contributed by atoms with van der Waals surface area (Å²) in [5, 5.41) is 13.1. The van der Waals surface area contributed by atoms with E-state index >= 15 is 0 Å². The lowest BCUT2D eigenvalue weighted by atomic mass is 9.84. The second-order valence-electron chi connectivity index (χ2n) is 5.19. The smallest absolute Gasteiger partial charge is 0.100 e. The van der Waals surface area contributed by atoms with Crippen LogP contribution in [0, 0.1) is 22.7 Å². The van der Waals surface area contributed by atoms with Gasteiger partial charge in [-0.05, 0) is 41.6 Å². The van der Waals surface area contributed by atoms with Crippen LogP contribution in [0.1, 0.15) is 40.0 Å². The van der Waals surface area contributed by atoms with E-state index in [0.29, 0.717) is 17.8 Å². The lowest BCUT2D eigenvalue weighted by molar-refractivity contribution is 0.0845. The molecule has 0 saturated carbocycles. The van der Waals surface area contributed by atoms with Gasteiger partial charge in [0.2, 0.25) is 0 Å². The van der Waals surface area contributed by atoms with Crippen LogP contribution >= 0.6 is 11.8 Å². The van der Waals surface area contributed by atoms with E-state index in [1.807, 2.05) is 17.8 Å². The number of aliphatic hydroxyl groups excluding tert-OH is 1. The van der Waals surface area contributed by atoms with Gasteiger partial charge in [0.1, 0.15) is 6.54 Å². The van der Waals surface area contributed by atoms with Crippen molar-refractivity contribution in [3.05, 3.63) is 15.9 Å². The lowest BCUT2D eigenvalue weighted by Gasteiger charge is -2.24. The number of rotatable bonds is 7. The fourth-order valence-corrected chi connectivity index (χ4v) is 4.12. The Labute approximate surface area is 114 Å². The molecule has 0 aromatic carbocycles. The molecule has 4 unspecified atom stereocenters. The van der Waals surface area contributed by atoms with Gasteiger partial charge in [-0.2, -0.15) is 4.91 Å². The highest BCUT2D eigenvalue weighted by molar-refractivity contribution is 8.03.